The Balaban J connectivity index is 2.04. The summed E-state index contributed by atoms with van der Waals surface area (Å²) in [4.78, 5) is -0.233. The number of aryl methyl sites for hydroxylation is 1. The predicted octanol–water partition coefficient (Wildman–Crippen LogP) is 4.85. The Hall–Kier alpha value is -1.85. The Morgan fingerprint density at radius 2 is 1.65 bits per heavy atom. The first-order chi connectivity index (χ1) is 11.0. The number of hydrogen-bond donors (Lipinski definition) is 1. The second-order valence-corrected chi connectivity index (χ2v) is 6.87. The van der Waals surface area contributed by atoms with E-state index in [0.29, 0.717) is 5.75 Å². The van der Waals surface area contributed by atoms with E-state index in [2.05, 4.69) is 6.92 Å². The van der Waals surface area contributed by atoms with Crippen LogP contribution in [0.25, 0.3) is 0 Å². The first kappa shape index (κ1) is 17.5. The lowest BCUT2D eigenvalue weighted by Crippen LogP contribution is -2.00. The Bertz CT molecular complexity index is 721. The van der Waals surface area contributed by atoms with E-state index in [1.54, 1.807) is 6.07 Å². The lowest BCUT2D eigenvalue weighted by Gasteiger charge is -2.10. The van der Waals surface area contributed by atoms with Crippen molar-refractivity contribution in [2.45, 2.75) is 43.9 Å². The lowest BCUT2D eigenvalue weighted by atomic mass is 10.1. The van der Waals surface area contributed by atoms with Crippen molar-refractivity contribution in [1.29, 1.82) is 0 Å². The first-order valence-electron chi connectivity index (χ1n) is 7.84. The van der Waals surface area contributed by atoms with Crippen LogP contribution in [-0.2, 0) is 16.5 Å². The molecule has 0 unspecified atom stereocenters. The van der Waals surface area contributed by atoms with E-state index < -0.39 is 10.1 Å². The van der Waals surface area contributed by atoms with Crippen molar-refractivity contribution in [3.8, 4) is 11.5 Å². The summed E-state index contributed by atoms with van der Waals surface area (Å²) in [6.07, 6.45) is 5.91. The van der Waals surface area contributed by atoms with Crippen molar-refractivity contribution in [2.24, 2.45) is 0 Å². The summed E-state index contributed by atoms with van der Waals surface area (Å²) in [7, 11) is -4.30. The molecule has 0 aliphatic heterocycles. The third-order valence-corrected chi connectivity index (χ3v) is 4.49. The van der Waals surface area contributed by atoms with Crippen LogP contribution in [0.1, 0.15) is 38.2 Å². The number of rotatable bonds is 8. The summed E-state index contributed by atoms with van der Waals surface area (Å²) in [5, 5.41) is 0. The molecule has 0 heterocycles. The molecule has 4 nitrogen and oxygen atoms in total. The van der Waals surface area contributed by atoms with Gasteiger partial charge in [0, 0.05) is 0 Å². The molecule has 2 aromatic rings. The van der Waals surface area contributed by atoms with Crippen LogP contribution in [-0.4, -0.2) is 13.0 Å². The first-order valence-corrected chi connectivity index (χ1v) is 9.28. The van der Waals surface area contributed by atoms with Crippen molar-refractivity contribution in [1.82, 2.24) is 0 Å². The number of hydrogen-bond acceptors (Lipinski definition) is 3. The fourth-order valence-corrected chi connectivity index (χ4v) is 2.97. The normalized spacial score (nSPS) is 11.4. The maximum absolute atomic E-state index is 11.3. The Morgan fingerprint density at radius 1 is 0.957 bits per heavy atom. The molecule has 0 bridgehead atoms. The molecule has 23 heavy (non-hydrogen) atoms. The molecule has 2 rings (SSSR count). The van der Waals surface area contributed by atoms with E-state index in [4.69, 9.17) is 4.74 Å². The van der Waals surface area contributed by atoms with Gasteiger partial charge in [-0.2, -0.15) is 8.42 Å². The third-order valence-electron chi connectivity index (χ3n) is 3.60. The summed E-state index contributed by atoms with van der Waals surface area (Å²) < 4.78 is 37.5. The van der Waals surface area contributed by atoms with Crippen LogP contribution in [0.4, 0.5) is 0 Å². The Kier molecular flexibility index (Phi) is 6.19. The number of para-hydroxylation sites is 1. The molecule has 124 valence electrons. The molecular formula is C18H22O4S. The smallest absolute Gasteiger partial charge is 0.298 e. The zero-order valence-corrected chi connectivity index (χ0v) is 14.1. The van der Waals surface area contributed by atoms with Gasteiger partial charge in [-0.3, -0.25) is 4.55 Å². The van der Waals surface area contributed by atoms with E-state index in [1.807, 2.05) is 24.3 Å². The minimum absolute atomic E-state index is 0.116. The van der Waals surface area contributed by atoms with Gasteiger partial charge in [0.25, 0.3) is 10.1 Å². The molecule has 0 radical (unpaired) electrons. The standard InChI is InChI=1S/C18H22O4S/c1-2-3-4-5-8-15-11-13-16(14-12-15)22-17-9-6-7-10-18(17)23(19,20)21/h6-7,9-14H,2-5,8H2,1H3,(H,19,20,21). The van der Waals surface area contributed by atoms with Gasteiger partial charge in [0.2, 0.25) is 0 Å². The van der Waals surface area contributed by atoms with Gasteiger partial charge in [0.1, 0.15) is 16.4 Å². The zero-order chi connectivity index (χ0) is 16.7. The number of benzene rings is 2. The van der Waals surface area contributed by atoms with Gasteiger partial charge >= 0.3 is 0 Å². The summed E-state index contributed by atoms with van der Waals surface area (Å²) in [5.41, 5.74) is 1.23. The van der Waals surface area contributed by atoms with Gasteiger partial charge in [0.15, 0.2) is 0 Å². The van der Waals surface area contributed by atoms with Crippen molar-refractivity contribution in [3.05, 3.63) is 54.1 Å². The molecule has 0 saturated carbocycles. The fraction of sp³-hybridized carbons (Fsp3) is 0.333. The van der Waals surface area contributed by atoms with Crippen LogP contribution >= 0.6 is 0 Å². The van der Waals surface area contributed by atoms with E-state index in [-0.39, 0.29) is 10.6 Å². The molecule has 0 amide bonds. The highest BCUT2D eigenvalue weighted by Gasteiger charge is 2.16. The van der Waals surface area contributed by atoms with Crippen LogP contribution in [0.15, 0.2) is 53.4 Å². The van der Waals surface area contributed by atoms with Crippen molar-refractivity contribution in [2.75, 3.05) is 0 Å². The fourth-order valence-electron chi connectivity index (χ4n) is 2.35. The topological polar surface area (TPSA) is 63.6 Å². The van der Waals surface area contributed by atoms with E-state index in [0.717, 1.165) is 6.42 Å². The molecule has 5 heteroatoms. The molecule has 2 aromatic carbocycles. The maximum Gasteiger partial charge on any atom is 0.298 e. The van der Waals surface area contributed by atoms with E-state index in [9.17, 15) is 13.0 Å². The predicted molar refractivity (Wildman–Crippen MR) is 90.6 cm³/mol. The van der Waals surface area contributed by atoms with Gasteiger partial charge < -0.3 is 4.74 Å². The molecule has 0 spiro atoms. The average molecular weight is 334 g/mol. The molecular weight excluding hydrogens is 312 g/mol. The van der Waals surface area contributed by atoms with Crippen LogP contribution in [0, 0.1) is 0 Å². The van der Waals surface area contributed by atoms with Gasteiger partial charge in [-0.1, -0.05) is 50.5 Å². The SMILES string of the molecule is CCCCCCc1ccc(Oc2ccccc2S(=O)(=O)O)cc1. The summed E-state index contributed by atoms with van der Waals surface area (Å²) in [6.45, 7) is 2.19. The highest BCUT2D eigenvalue weighted by molar-refractivity contribution is 7.86. The molecule has 0 saturated heterocycles. The monoisotopic (exact) mass is 334 g/mol. The summed E-state index contributed by atoms with van der Waals surface area (Å²) >= 11 is 0. The number of ether oxygens (including phenoxy) is 1. The minimum atomic E-state index is -4.30. The van der Waals surface area contributed by atoms with Crippen molar-refractivity contribution in [3.63, 3.8) is 0 Å². The van der Waals surface area contributed by atoms with Crippen LogP contribution in [0.2, 0.25) is 0 Å². The van der Waals surface area contributed by atoms with Gasteiger partial charge in [0.05, 0.1) is 0 Å². The Labute approximate surface area is 137 Å². The van der Waals surface area contributed by atoms with Gasteiger partial charge in [-0.15, -0.1) is 0 Å². The van der Waals surface area contributed by atoms with Crippen molar-refractivity contribution < 1.29 is 17.7 Å². The second kappa shape index (κ2) is 8.13. The summed E-state index contributed by atoms with van der Waals surface area (Å²) in [6, 6.07) is 13.6. The molecule has 0 atom stereocenters. The van der Waals surface area contributed by atoms with Crippen LogP contribution < -0.4 is 4.74 Å². The quantitative estimate of drug-likeness (QED) is 0.554. The van der Waals surface area contributed by atoms with Crippen LogP contribution in [0.5, 0.6) is 11.5 Å². The third kappa shape index (κ3) is 5.37. The molecule has 0 fully saturated rings. The lowest BCUT2D eigenvalue weighted by molar-refractivity contribution is 0.450. The van der Waals surface area contributed by atoms with Crippen LogP contribution in [0.3, 0.4) is 0 Å². The maximum atomic E-state index is 11.3. The second-order valence-electron chi connectivity index (χ2n) is 5.48. The molecule has 1 N–H and O–H groups in total. The van der Waals surface area contributed by atoms with E-state index >= 15 is 0 Å². The molecule has 0 aliphatic rings. The van der Waals surface area contributed by atoms with Gasteiger partial charge in [-0.05, 0) is 42.7 Å². The molecule has 0 aromatic heterocycles. The largest absolute Gasteiger partial charge is 0.456 e. The van der Waals surface area contributed by atoms with Gasteiger partial charge in [-0.25, -0.2) is 0 Å². The van der Waals surface area contributed by atoms with Crippen molar-refractivity contribution >= 4 is 10.1 Å². The highest BCUT2D eigenvalue weighted by atomic mass is 32.2. The zero-order valence-electron chi connectivity index (χ0n) is 13.2. The molecule has 0 aliphatic carbocycles. The Morgan fingerprint density at radius 3 is 2.30 bits per heavy atom. The number of unbranched alkanes of at least 4 members (excludes halogenated alkanes) is 3. The minimum Gasteiger partial charge on any atom is -0.456 e. The summed E-state index contributed by atoms with van der Waals surface area (Å²) in [5.74, 6) is 0.657. The highest BCUT2D eigenvalue weighted by Crippen LogP contribution is 2.28. The average Bonchev–Trinajstić information content (AvgIpc) is 2.53. The van der Waals surface area contributed by atoms with E-state index in [1.165, 1.54) is 49.4 Å².